The molecule has 0 saturated heterocycles. The molecule has 0 fully saturated rings. The predicted molar refractivity (Wildman–Crippen MR) is 54.8 cm³/mol. The molecular weight excluding hydrogens is 182 g/mol. The lowest BCUT2D eigenvalue weighted by Gasteiger charge is -2.22. The van der Waals surface area contributed by atoms with Gasteiger partial charge >= 0.3 is 0 Å². The van der Waals surface area contributed by atoms with E-state index in [0.717, 1.165) is 12.5 Å². The number of nitrogens with zero attached hydrogens (tertiary/aromatic N) is 2. The minimum atomic E-state index is -0.188. The number of rotatable bonds is 5. The van der Waals surface area contributed by atoms with E-state index in [9.17, 15) is 0 Å². The van der Waals surface area contributed by atoms with E-state index in [4.69, 9.17) is 9.47 Å². The van der Waals surface area contributed by atoms with Gasteiger partial charge in [-0.3, -0.25) is 5.43 Å². The zero-order chi connectivity index (χ0) is 10.6. The molecule has 0 radical (unpaired) electrons. The lowest BCUT2D eigenvalue weighted by atomic mass is 10.3. The lowest BCUT2D eigenvalue weighted by molar-refractivity contribution is -0.138. The zero-order valence-corrected chi connectivity index (χ0v) is 9.28. The van der Waals surface area contributed by atoms with Crippen LogP contribution in [0.2, 0.25) is 0 Å². The van der Waals surface area contributed by atoms with Crippen LogP contribution in [0.4, 0.5) is 0 Å². The first-order valence-corrected chi connectivity index (χ1v) is 4.93. The van der Waals surface area contributed by atoms with Crippen LogP contribution >= 0.6 is 0 Å². The molecule has 0 saturated carbocycles. The highest BCUT2D eigenvalue weighted by Gasteiger charge is 2.21. The summed E-state index contributed by atoms with van der Waals surface area (Å²) in [6, 6.07) is 0. The number of nitrogens with one attached hydrogen (secondary N) is 1. The average Bonchev–Trinajstić information content (AvgIpc) is 2.51. The summed E-state index contributed by atoms with van der Waals surface area (Å²) in [6.45, 7) is 7.21. The standard InChI is InChI=1S/C9H19N3O2/c1-5-13-8(3)14-7(2)9-11-10-6-12(9)4/h7-8,10H,5-6H2,1-4H3. The van der Waals surface area contributed by atoms with Gasteiger partial charge in [0, 0.05) is 13.7 Å². The largest absolute Gasteiger partial charge is 0.353 e. The van der Waals surface area contributed by atoms with Gasteiger partial charge < -0.3 is 14.4 Å². The first-order chi connectivity index (χ1) is 6.65. The molecular formula is C9H19N3O2. The molecule has 0 amide bonds. The molecule has 2 atom stereocenters. The second kappa shape index (κ2) is 5.17. The third kappa shape index (κ3) is 2.85. The summed E-state index contributed by atoms with van der Waals surface area (Å²) in [4.78, 5) is 2.02. The van der Waals surface area contributed by atoms with E-state index in [1.165, 1.54) is 0 Å². The minimum absolute atomic E-state index is 0.0449. The fraction of sp³-hybridized carbons (Fsp3) is 0.889. The summed E-state index contributed by atoms with van der Waals surface area (Å²) >= 11 is 0. The Morgan fingerprint density at radius 1 is 1.57 bits per heavy atom. The smallest absolute Gasteiger partial charge is 0.155 e. The third-order valence-electron chi connectivity index (χ3n) is 2.05. The van der Waals surface area contributed by atoms with Gasteiger partial charge in [0.15, 0.2) is 12.1 Å². The maximum atomic E-state index is 5.61. The molecule has 0 aromatic heterocycles. The molecule has 0 aliphatic carbocycles. The summed E-state index contributed by atoms with van der Waals surface area (Å²) in [6.07, 6.45) is -0.233. The summed E-state index contributed by atoms with van der Waals surface area (Å²) < 4.78 is 10.9. The molecule has 1 rings (SSSR count). The molecule has 1 N–H and O–H groups in total. The molecule has 14 heavy (non-hydrogen) atoms. The van der Waals surface area contributed by atoms with Gasteiger partial charge in [0.25, 0.3) is 0 Å². The molecule has 0 aromatic rings. The second-order valence-electron chi connectivity index (χ2n) is 3.29. The Labute approximate surface area is 85.1 Å². The minimum Gasteiger partial charge on any atom is -0.353 e. The van der Waals surface area contributed by atoms with Crippen molar-refractivity contribution >= 4 is 5.84 Å². The topological polar surface area (TPSA) is 46.1 Å². The van der Waals surface area contributed by atoms with Crippen LogP contribution in [0.5, 0.6) is 0 Å². The van der Waals surface area contributed by atoms with Crippen LogP contribution in [0.3, 0.4) is 0 Å². The quantitative estimate of drug-likeness (QED) is 0.661. The zero-order valence-electron chi connectivity index (χ0n) is 9.28. The Balaban J connectivity index is 2.37. The first-order valence-electron chi connectivity index (χ1n) is 4.93. The maximum Gasteiger partial charge on any atom is 0.155 e. The Morgan fingerprint density at radius 2 is 2.29 bits per heavy atom. The van der Waals surface area contributed by atoms with Crippen molar-refractivity contribution in [1.29, 1.82) is 0 Å². The Bertz CT molecular complexity index is 208. The fourth-order valence-electron chi connectivity index (χ4n) is 1.41. The van der Waals surface area contributed by atoms with Crippen LogP contribution in [0.1, 0.15) is 20.8 Å². The number of ether oxygens (including phenoxy) is 2. The fourth-order valence-corrected chi connectivity index (χ4v) is 1.41. The van der Waals surface area contributed by atoms with Crippen molar-refractivity contribution in [2.75, 3.05) is 20.3 Å². The van der Waals surface area contributed by atoms with Crippen LogP contribution < -0.4 is 5.43 Å². The lowest BCUT2D eigenvalue weighted by Crippen LogP contribution is -2.36. The van der Waals surface area contributed by atoms with Gasteiger partial charge in [0.2, 0.25) is 0 Å². The van der Waals surface area contributed by atoms with E-state index in [0.29, 0.717) is 6.61 Å². The Kier molecular flexibility index (Phi) is 4.16. The molecule has 82 valence electrons. The number of hydrogen-bond acceptors (Lipinski definition) is 5. The van der Waals surface area contributed by atoms with E-state index in [2.05, 4.69) is 10.5 Å². The van der Waals surface area contributed by atoms with Gasteiger partial charge in [-0.25, -0.2) is 0 Å². The second-order valence-corrected chi connectivity index (χ2v) is 3.29. The van der Waals surface area contributed by atoms with Crippen molar-refractivity contribution in [1.82, 2.24) is 10.3 Å². The predicted octanol–water partition coefficient (Wildman–Crippen LogP) is 0.580. The highest BCUT2D eigenvalue weighted by Crippen LogP contribution is 2.06. The van der Waals surface area contributed by atoms with E-state index in [1.54, 1.807) is 0 Å². The van der Waals surface area contributed by atoms with Gasteiger partial charge in [-0.1, -0.05) is 0 Å². The summed E-state index contributed by atoms with van der Waals surface area (Å²) in [7, 11) is 1.98. The third-order valence-corrected chi connectivity index (χ3v) is 2.05. The number of likely N-dealkylation sites (N-methyl/N-ethyl adjacent to an activating group) is 1. The van der Waals surface area contributed by atoms with Gasteiger partial charge in [-0.05, 0) is 20.8 Å². The van der Waals surface area contributed by atoms with Crippen LogP contribution in [-0.4, -0.2) is 43.5 Å². The molecule has 1 aliphatic rings. The molecule has 5 nitrogen and oxygen atoms in total. The van der Waals surface area contributed by atoms with Crippen molar-refractivity contribution in [3.05, 3.63) is 0 Å². The van der Waals surface area contributed by atoms with Crippen molar-refractivity contribution in [2.24, 2.45) is 5.10 Å². The Morgan fingerprint density at radius 3 is 2.79 bits per heavy atom. The van der Waals surface area contributed by atoms with E-state index in [-0.39, 0.29) is 12.4 Å². The van der Waals surface area contributed by atoms with Crippen molar-refractivity contribution in [3.63, 3.8) is 0 Å². The SMILES string of the molecule is CCOC(C)OC(C)C1=NNCN1C. The number of hydrazone groups is 1. The van der Waals surface area contributed by atoms with Crippen LogP contribution in [0, 0.1) is 0 Å². The van der Waals surface area contributed by atoms with Gasteiger partial charge in [-0.15, -0.1) is 0 Å². The Hall–Kier alpha value is -0.810. The summed E-state index contributed by atoms with van der Waals surface area (Å²) in [5.41, 5.74) is 2.90. The van der Waals surface area contributed by atoms with Crippen LogP contribution in [-0.2, 0) is 9.47 Å². The van der Waals surface area contributed by atoms with Crippen molar-refractivity contribution in [2.45, 2.75) is 33.2 Å². The van der Waals surface area contributed by atoms with Gasteiger partial charge in [-0.2, -0.15) is 5.10 Å². The molecule has 0 bridgehead atoms. The molecule has 1 heterocycles. The molecule has 0 spiro atoms. The van der Waals surface area contributed by atoms with Crippen LogP contribution in [0.25, 0.3) is 0 Å². The van der Waals surface area contributed by atoms with Crippen molar-refractivity contribution < 1.29 is 9.47 Å². The van der Waals surface area contributed by atoms with Gasteiger partial charge in [0.05, 0.1) is 0 Å². The highest BCUT2D eigenvalue weighted by molar-refractivity contribution is 5.86. The normalized spacial score (nSPS) is 20.3. The summed E-state index contributed by atoms with van der Waals surface area (Å²) in [5.74, 6) is 0.913. The molecule has 2 unspecified atom stereocenters. The van der Waals surface area contributed by atoms with Gasteiger partial charge in [0.1, 0.15) is 12.8 Å². The van der Waals surface area contributed by atoms with Crippen molar-refractivity contribution in [3.8, 4) is 0 Å². The van der Waals surface area contributed by atoms with Crippen LogP contribution in [0.15, 0.2) is 5.10 Å². The molecule has 5 heteroatoms. The van der Waals surface area contributed by atoms with E-state index < -0.39 is 0 Å². The van der Waals surface area contributed by atoms with E-state index in [1.807, 2.05) is 32.7 Å². The number of amidine groups is 1. The molecule has 0 aromatic carbocycles. The monoisotopic (exact) mass is 201 g/mol. The first kappa shape index (κ1) is 11.3. The summed E-state index contributed by atoms with van der Waals surface area (Å²) in [5, 5.41) is 4.14. The average molecular weight is 201 g/mol. The number of hydrogen-bond donors (Lipinski definition) is 1. The maximum absolute atomic E-state index is 5.61. The van der Waals surface area contributed by atoms with E-state index >= 15 is 0 Å². The highest BCUT2D eigenvalue weighted by atomic mass is 16.7. The molecule has 1 aliphatic heterocycles.